The Kier molecular flexibility index (Phi) is 3.03. The van der Waals surface area contributed by atoms with Crippen LogP contribution in [0.1, 0.15) is 12.8 Å². The molecule has 2 rings (SSSR count). The molecule has 0 unspecified atom stereocenters. The van der Waals surface area contributed by atoms with Gasteiger partial charge in [0.2, 0.25) is 0 Å². The van der Waals surface area contributed by atoms with Crippen LogP contribution < -0.4 is 10.6 Å². The van der Waals surface area contributed by atoms with E-state index >= 15 is 0 Å². The molecule has 1 fully saturated rings. The van der Waals surface area contributed by atoms with Gasteiger partial charge < -0.3 is 10.6 Å². The third-order valence-corrected chi connectivity index (χ3v) is 2.45. The monoisotopic (exact) mass is 226 g/mol. The van der Waals surface area contributed by atoms with E-state index in [0.717, 1.165) is 25.0 Å². The van der Waals surface area contributed by atoms with Crippen LogP contribution in [0, 0.1) is 17.6 Å². The molecule has 5 heteroatoms. The highest BCUT2D eigenvalue weighted by molar-refractivity contribution is 5.89. The maximum atomic E-state index is 13.1. The van der Waals surface area contributed by atoms with Gasteiger partial charge in [0.25, 0.3) is 0 Å². The standard InChI is InChI=1S/C11H12F2N2O/c12-8-2-1-3-9(13)10(8)15-11(16)14-6-7-4-5-7/h1-3,7H,4-6H2,(H2,14,15,16). The van der Waals surface area contributed by atoms with E-state index < -0.39 is 23.4 Å². The highest BCUT2D eigenvalue weighted by Crippen LogP contribution is 2.27. The maximum absolute atomic E-state index is 13.1. The lowest BCUT2D eigenvalue weighted by Gasteiger charge is -2.08. The lowest BCUT2D eigenvalue weighted by atomic mass is 10.3. The summed E-state index contributed by atoms with van der Waals surface area (Å²) in [7, 11) is 0. The SMILES string of the molecule is O=C(NCC1CC1)Nc1c(F)cccc1F. The molecule has 0 atom stereocenters. The number of hydrogen-bond donors (Lipinski definition) is 2. The zero-order chi connectivity index (χ0) is 11.5. The van der Waals surface area contributed by atoms with E-state index in [1.807, 2.05) is 0 Å². The summed E-state index contributed by atoms with van der Waals surface area (Å²) in [6, 6.07) is 2.87. The van der Waals surface area contributed by atoms with Crippen LogP contribution in [-0.4, -0.2) is 12.6 Å². The first-order valence-corrected chi connectivity index (χ1v) is 5.15. The minimum Gasteiger partial charge on any atom is -0.338 e. The van der Waals surface area contributed by atoms with Crippen molar-refractivity contribution in [2.24, 2.45) is 5.92 Å². The zero-order valence-electron chi connectivity index (χ0n) is 8.59. The number of para-hydroxylation sites is 1. The Labute approximate surface area is 91.8 Å². The molecule has 0 bridgehead atoms. The summed E-state index contributed by atoms with van der Waals surface area (Å²) in [4.78, 5) is 11.3. The predicted octanol–water partition coefficient (Wildman–Crippen LogP) is 2.50. The molecule has 1 aromatic carbocycles. The number of hydrogen-bond acceptors (Lipinski definition) is 1. The van der Waals surface area contributed by atoms with Crippen LogP contribution in [0.15, 0.2) is 18.2 Å². The molecule has 1 aliphatic carbocycles. The second-order valence-electron chi connectivity index (χ2n) is 3.88. The topological polar surface area (TPSA) is 41.1 Å². The fraction of sp³-hybridized carbons (Fsp3) is 0.364. The summed E-state index contributed by atoms with van der Waals surface area (Å²) in [6.07, 6.45) is 2.21. The van der Waals surface area contributed by atoms with Crippen molar-refractivity contribution in [1.29, 1.82) is 0 Å². The van der Waals surface area contributed by atoms with Crippen LogP contribution in [0.25, 0.3) is 0 Å². The third-order valence-electron chi connectivity index (χ3n) is 2.45. The summed E-state index contributed by atoms with van der Waals surface area (Å²) in [5.41, 5.74) is -0.407. The molecule has 0 radical (unpaired) electrons. The van der Waals surface area contributed by atoms with Crippen LogP contribution >= 0.6 is 0 Å². The van der Waals surface area contributed by atoms with E-state index in [-0.39, 0.29) is 0 Å². The average Bonchev–Trinajstić information content (AvgIpc) is 3.04. The Hall–Kier alpha value is -1.65. The molecule has 16 heavy (non-hydrogen) atoms. The van der Waals surface area contributed by atoms with Gasteiger partial charge in [0.15, 0.2) is 0 Å². The molecule has 1 aliphatic rings. The molecule has 2 N–H and O–H groups in total. The second kappa shape index (κ2) is 4.47. The summed E-state index contributed by atoms with van der Waals surface area (Å²) in [6.45, 7) is 0.557. The van der Waals surface area contributed by atoms with E-state index in [9.17, 15) is 13.6 Å². The van der Waals surface area contributed by atoms with Gasteiger partial charge in [0.1, 0.15) is 17.3 Å². The fourth-order valence-corrected chi connectivity index (χ4v) is 1.33. The van der Waals surface area contributed by atoms with Gasteiger partial charge in [-0.3, -0.25) is 0 Å². The Morgan fingerprint density at radius 3 is 2.50 bits per heavy atom. The Morgan fingerprint density at radius 1 is 1.31 bits per heavy atom. The summed E-state index contributed by atoms with van der Waals surface area (Å²) in [5, 5.41) is 4.73. The normalized spacial score (nSPS) is 14.6. The average molecular weight is 226 g/mol. The number of urea groups is 1. The van der Waals surface area contributed by atoms with Crippen LogP contribution in [0.4, 0.5) is 19.3 Å². The first kappa shape index (κ1) is 10.9. The van der Waals surface area contributed by atoms with E-state index in [1.165, 1.54) is 6.07 Å². The maximum Gasteiger partial charge on any atom is 0.319 e. The number of carbonyl (C=O) groups is 1. The number of halogens is 2. The van der Waals surface area contributed by atoms with Gasteiger partial charge >= 0.3 is 6.03 Å². The molecule has 1 saturated carbocycles. The minimum atomic E-state index is -0.776. The summed E-state index contributed by atoms with van der Waals surface area (Å²) >= 11 is 0. The molecule has 3 nitrogen and oxygen atoms in total. The van der Waals surface area contributed by atoms with Crippen LogP contribution in [0.2, 0.25) is 0 Å². The number of rotatable bonds is 3. The third kappa shape index (κ3) is 2.68. The van der Waals surface area contributed by atoms with Crippen LogP contribution in [0.3, 0.4) is 0 Å². The molecule has 2 amide bonds. The number of amides is 2. The smallest absolute Gasteiger partial charge is 0.319 e. The summed E-state index contributed by atoms with van der Waals surface area (Å²) < 4.78 is 26.3. The lowest BCUT2D eigenvalue weighted by Crippen LogP contribution is -2.31. The largest absolute Gasteiger partial charge is 0.338 e. The van der Waals surface area contributed by atoms with Gasteiger partial charge in [-0.1, -0.05) is 6.07 Å². The Bertz CT molecular complexity index is 385. The van der Waals surface area contributed by atoms with Crippen molar-refractivity contribution in [3.63, 3.8) is 0 Å². The number of nitrogens with one attached hydrogen (secondary N) is 2. The van der Waals surface area contributed by atoms with E-state index in [0.29, 0.717) is 12.5 Å². The molecule has 0 heterocycles. The fourth-order valence-electron chi connectivity index (χ4n) is 1.33. The van der Waals surface area contributed by atoms with Gasteiger partial charge in [-0.2, -0.15) is 0 Å². The molecule has 1 aromatic rings. The van der Waals surface area contributed by atoms with Crippen molar-refractivity contribution < 1.29 is 13.6 Å². The predicted molar refractivity (Wildman–Crippen MR) is 56.1 cm³/mol. The quantitative estimate of drug-likeness (QED) is 0.816. The van der Waals surface area contributed by atoms with E-state index in [2.05, 4.69) is 10.6 Å². The molecule has 0 aliphatic heterocycles. The van der Waals surface area contributed by atoms with Gasteiger partial charge in [-0.25, -0.2) is 13.6 Å². The van der Waals surface area contributed by atoms with Crippen molar-refractivity contribution in [2.45, 2.75) is 12.8 Å². The summed E-state index contributed by atoms with van der Waals surface area (Å²) in [5.74, 6) is -1.03. The van der Waals surface area contributed by atoms with Crippen LogP contribution in [0.5, 0.6) is 0 Å². The Morgan fingerprint density at radius 2 is 1.94 bits per heavy atom. The molecule has 0 aromatic heterocycles. The highest BCUT2D eigenvalue weighted by Gasteiger charge is 2.22. The van der Waals surface area contributed by atoms with Gasteiger partial charge in [0.05, 0.1) is 0 Å². The first-order chi connectivity index (χ1) is 7.66. The molecule has 0 saturated heterocycles. The molecule has 86 valence electrons. The van der Waals surface area contributed by atoms with Crippen molar-refractivity contribution >= 4 is 11.7 Å². The van der Waals surface area contributed by atoms with E-state index in [4.69, 9.17) is 0 Å². The second-order valence-corrected chi connectivity index (χ2v) is 3.88. The minimum absolute atomic E-state index is 0.407. The first-order valence-electron chi connectivity index (χ1n) is 5.15. The van der Waals surface area contributed by atoms with E-state index in [1.54, 1.807) is 0 Å². The van der Waals surface area contributed by atoms with Gasteiger partial charge in [-0.15, -0.1) is 0 Å². The molecular formula is C11H12F2N2O. The number of anilines is 1. The molecule has 0 spiro atoms. The zero-order valence-corrected chi connectivity index (χ0v) is 8.59. The van der Waals surface area contributed by atoms with Crippen molar-refractivity contribution in [3.8, 4) is 0 Å². The Balaban J connectivity index is 1.93. The van der Waals surface area contributed by atoms with Gasteiger partial charge in [-0.05, 0) is 30.9 Å². The molecular weight excluding hydrogens is 214 g/mol. The highest BCUT2D eigenvalue weighted by atomic mass is 19.1. The van der Waals surface area contributed by atoms with Crippen LogP contribution in [-0.2, 0) is 0 Å². The van der Waals surface area contributed by atoms with Crippen molar-refractivity contribution in [1.82, 2.24) is 5.32 Å². The lowest BCUT2D eigenvalue weighted by molar-refractivity contribution is 0.251. The number of benzene rings is 1. The van der Waals surface area contributed by atoms with Crippen molar-refractivity contribution in [3.05, 3.63) is 29.8 Å². The van der Waals surface area contributed by atoms with Crippen molar-refractivity contribution in [2.75, 3.05) is 11.9 Å². The van der Waals surface area contributed by atoms with Gasteiger partial charge in [0, 0.05) is 6.54 Å². The number of carbonyl (C=O) groups excluding carboxylic acids is 1.